The smallest absolute Gasteiger partial charge is 0.409 e. The second-order valence-electron chi connectivity index (χ2n) is 6.58. The zero-order chi connectivity index (χ0) is 20.6. The summed E-state index contributed by atoms with van der Waals surface area (Å²) in [6, 6.07) is 7.27. The van der Waals surface area contributed by atoms with Crippen LogP contribution in [0, 0.1) is 0 Å². The van der Waals surface area contributed by atoms with E-state index >= 15 is 0 Å². The van der Waals surface area contributed by atoms with Crippen LogP contribution in [0.15, 0.2) is 36.7 Å². The van der Waals surface area contributed by atoms with Crippen LogP contribution in [0.5, 0.6) is 5.75 Å². The van der Waals surface area contributed by atoms with E-state index in [1.54, 1.807) is 43.2 Å². The average molecular weight is 399 g/mol. The standard InChI is InChI=1S/C20H25N5O4/c1-3-29-20(27)25-9-7-14(8-10-25)23-18-13-21-17(12-22-18)19(26)24-15-5-4-6-16(11-15)28-2/h4-6,11-14H,3,7-10H2,1-2H3,(H,22,23)(H,24,26). The molecule has 2 heterocycles. The third-order valence-corrected chi connectivity index (χ3v) is 4.59. The van der Waals surface area contributed by atoms with Gasteiger partial charge in [0.1, 0.15) is 17.3 Å². The highest BCUT2D eigenvalue weighted by atomic mass is 16.6. The number of likely N-dealkylation sites (tertiary alicyclic amines) is 1. The SMILES string of the molecule is CCOC(=O)N1CCC(Nc2cnc(C(=O)Nc3cccc(OC)c3)cn2)CC1. The number of nitrogens with zero attached hydrogens (tertiary/aromatic N) is 3. The number of methoxy groups -OCH3 is 1. The lowest BCUT2D eigenvalue weighted by molar-refractivity contribution is 0.0982. The molecule has 1 aliphatic rings. The van der Waals surface area contributed by atoms with E-state index < -0.39 is 0 Å². The zero-order valence-corrected chi connectivity index (χ0v) is 16.6. The van der Waals surface area contributed by atoms with Crippen molar-refractivity contribution in [3.05, 3.63) is 42.4 Å². The van der Waals surface area contributed by atoms with Crippen LogP contribution in [0.3, 0.4) is 0 Å². The molecule has 29 heavy (non-hydrogen) atoms. The normalized spacial score (nSPS) is 14.2. The Kier molecular flexibility index (Phi) is 6.83. The summed E-state index contributed by atoms with van der Waals surface area (Å²) in [7, 11) is 1.57. The van der Waals surface area contributed by atoms with Crippen molar-refractivity contribution in [2.75, 3.05) is 37.4 Å². The summed E-state index contributed by atoms with van der Waals surface area (Å²) in [5.74, 6) is 0.903. The Hall–Kier alpha value is -3.36. The van der Waals surface area contributed by atoms with Crippen molar-refractivity contribution in [3.8, 4) is 5.75 Å². The number of piperidine rings is 1. The first-order valence-electron chi connectivity index (χ1n) is 9.54. The van der Waals surface area contributed by atoms with Crippen molar-refractivity contribution in [2.45, 2.75) is 25.8 Å². The van der Waals surface area contributed by atoms with Gasteiger partial charge in [-0.05, 0) is 31.9 Å². The number of carbonyl (C=O) groups excluding carboxylic acids is 2. The number of hydrogen-bond donors (Lipinski definition) is 2. The molecule has 0 radical (unpaired) electrons. The molecule has 0 saturated carbocycles. The minimum Gasteiger partial charge on any atom is -0.497 e. The Labute approximate surface area is 169 Å². The van der Waals surface area contributed by atoms with E-state index in [0.29, 0.717) is 37.0 Å². The monoisotopic (exact) mass is 399 g/mol. The highest BCUT2D eigenvalue weighted by Crippen LogP contribution is 2.18. The second kappa shape index (κ2) is 9.72. The lowest BCUT2D eigenvalue weighted by Crippen LogP contribution is -2.42. The van der Waals surface area contributed by atoms with Gasteiger partial charge in [0.05, 0.1) is 26.1 Å². The molecular formula is C20H25N5O4. The van der Waals surface area contributed by atoms with Gasteiger partial charge < -0.3 is 25.0 Å². The molecule has 1 aromatic carbocycles. The molecule has 0 spiro atoms. The van der Waals surface area contributed by atoms with Crippen molar-refractivity contribution in [1.29, 1.82) is 0 Å². The quantitative estimate of drug-likeness (QED) is 0.769. The third-order valence-electron chi connectivity index (χ3n) is 4.59. The van der Waals surface area contributed by atoms with Crippen molar-refractivity contribution in [1.82, 2.24) is 14.9 Å². The first-order valence-corrected chi connectivity index (χ1v) is 9.54. The number of ether oxygens (including phenoxy) is 2. The summed E-state index contributed by atoms with van der Waals surface area (Å²) in [4.78, 5) is 34.3. The van der Waals surface area contributed by atoms with E-state index in [4.69, 9.17) is 9.47 Å². The Bertz CT molecular complexity index is 835. The fourth-order valence-electron chi connectivity index (χ4n) is 3.05. The number of aromatic nitrogens is 2. The zero-order valence-electron chi connectivity index (χ0n) is 16.6. The summed E-state index contributed by atoms with van der Waals surface area (Å²) in [5.41, 5.74) is 0.835. The predicted octanol–water partition coefficient (Wildman–Crippen LogP) is 2.77. The molecule has 2 amide bonds. The Morgan fingerprint density at radius 3 is 2.66 bits per heavy atom. The molecule has 0 bridgehead atoms. The molecule has 2 N–H and O–H groups in total. The van der Waals surface area contributed by atoms with Crippen LogP contribution in [-0.4, -0.2) is 59.7 Å². The Morgan fingerprint density at radius 2 is 2.00 bits per heavy atom. The summed E-state index contributed by atoms with van der Waals surface area (Å²) < 4.78 is 10.2. The van der Waals surface area contributed by atoms with Crippen molar-refractivity contribution in [3.63, 3.8) is 0 Å². The third kappa shape index (κ3) is 5.56. The minimum atomic E-state index is -0.347. The Morgan fingerprint density at radius 1 is 1.21 bits per heavy atom. The van der Waals surface area contributed by atoms with Gasteiger partial charge in [0, 0.05) is 30.9 Å². The number of carbonyl (C=O) groups is 2. The maximum Gasteiger partial charge on any atom is 0.409 e. The first kappa shape index (κ1) is 20.4. The van der Waals surface area contributed by atoms with Gasteiger partial charge in [-0.15, -0.1) is 0 Å². The minimum absolute atomic E-state index is 0.187. The maximum absolute atomic E-state index is 12.3. The molecule has 0 atom stereocenters. The largest absolute Gasteiger partial charge is 0.497 e. The van der Waals surface area contributed by atoms with Gasteiger partial charge in [0.25, 0.3) is 5.91 Å². The van der Waals surface area contributed by atoms with Crippen LogP contribution >= 0.6 is 0 Å². The molecule has 9 heteroatoms. The van der Waals surface area contributed by atoms with Crippen molar-refractivity contribution >= 4 is 23.5 Å². The van der Waals surface area contributed by atoms with Crippen LogP contribution in [0.4, 0.5) is 16.3 Å². The van der Waals surface area contributed by atoms with Gasteiger partial charge >= 0.3 is 6.09 Å². The fourth-order valence-corrected chi connectivity index (χ4v) is 3.05. The van der Waals surface area contributed by atoms with Crippen molar-refractivity contribution in [2.24, 2.45) is 0 Å². The number of benzene rings is 1. The number of amides is 2. The highest BCUT2D eigenvalue weighted by molar-refractivity contribution is 6.02. The molecule has 0 aliphatic carbocycles. The van der Waals surface area contributed by atoms with Gasteiger partial charge in [0.15, 0.2) is 0 Å². The van der Waals surface area contributed by atoms with Gasteiger partial charge in [-0.1, -0.05) is 6.07 Å². The number of anilines is 2. The number of hydrogen-bond acceptors (Lipinski definition) is 7. The second-order valence-corrected chi connectivity index (χ2v) is 6.58. The van der Waals surface area contributed by atoms with Crippen LogP contribution in [-0.2, 0) is 4.74 Å². The Balaban J connectivity index is 1.51. The summed E-state index contributed by atoms with van der Waals surface area (Å²) in [5, 5.41) is 6.07. The van der Waals surface area contributed by atoms with E-state index in [2.05, 4.69) is 20.6 Å². The molecule has 0 unspecified atom stereocenters. The first-order chi connectivity index (χ1) is 14.1. The molecule has 1 fully saturated rings. The molecule has 1 saturated heterocycles. The lowest BCUT2D eigenvalue weighted by Gasteiger charge is -2.31. The molecule has 154 valence electrons. The van der Waals surface area contributed by atoms with Crippen LogP contribution < -0.4 is 15.4 Å². The van der Waals surface area contributed by atoms with E-state index in [9.17, 15) is 9.59 Å². The lowest BCUT2D eigenvalue weighted by atomic mass is 10.1. The topological polar surface area (TPSA) is 106 Å². The van der Waals surface area contributed by atoms with Gasteiger partial charge in [-0.3, -0.25) is 4.79 Å². The molecule has 9 nitrogen and oxygen atoms in total. The van der Waals surface area contributed by atoms with Crippen LogP contribution in [0.2, 0.25) is 0 Å². The molecule has 3 rings (SSSR count). The summed E-state index contributed by atoms with van der Waals surface area (Å²) >= 11 is 0. The molecule has 1 aromatic heterocycles. The molecule has 2 aromatic rings. The van der Waals surface area contributed by atoms with Crippen LogP contribution in [0.1, 0.15) is 30.3 Å². The molecule has 1 aliphatic heterocycles. The van der Waals surface area contributed by atoms with Gasteiger partial charge in [-0.2, -0.15) is 0 Å². The predicted molar refractivity (Wildman–Crippen MR) is 108 cm³/mol. The van der Waals surface area contributed by atoms with E-state index in [-0.39, 0.29) is 23.7 Å². The summed E-state index contributed by atoms with van der Waals surface area (Å²) in [6.07, 6.45) is 4.29. The van der Waals surface area contributed by atoms with Crippen molar-refractivity contribution < 1.29 is 19.1 Å². The fraction of sp³-hybridized carbons (Fsp3) is 0.400. The highest BCUT2D eigenvalue weighted by Gasteiger charge is 2.23. The van der Waals surface area contributed by atoms with Gasteiger partial charge in [-0.25, -0.2) is 14.8 Å². The van der Waals surface area contributed by atoms with E-state index in [1.165, 1.54) is 12.4 Å². The van der Waals surface area contributed by atoms with E-state index in [1.807, 2.05) is 0 Å². The number of nitrogens with one attached hydrogen (secondary N) is 2. The van der Waals surface area contributed by atoms with E-state index in [0.717, 1.165) is 12.8 Å². The summed E-state index contributed by atoms with van der Waals surface area (Å²) in [6.45, 7) is 3.44. The average Bonchev–Trinajstić information content (AvgIpc) is 2.75. The maximum atomic E-state index is 12.3. The van der Waals surface area contributed by atoms with Crippen LogP contribution in [0.25, 0.3) is 0 Å². The number of rotatable bonds is 6. The molecular weight excluding hydrogens is 374 g/mol. The van der Waals surface area contributed by atoms with Gasteiger partial charge in [0.2, 0.25) is 0 Å².